The minimum atomic E-state index is -1.47. The van der Waals surface area contributed by atoms with E-state index in [0.29, 0.717) is 0 Å². The van der Waals surface area contributed by atoms with Crippen molar-refractivity contribution in [3.8, 4) is 0 Å². The molecule has 0 fully saturated rings. The van der Waals surface area contributed by atoms with Gasteiger partial charge in [0.1, 0.15) is 18.3 Å². The molecule has 4 nitrogen and oxygen atoms in total. The Labute approximate surface area is 57.4 Å². The van der Waals surface area contributed by atoms with Crippen molar-refractivity contribution in [1.82, 2.24) is 0 Å². The zero-order valence-corrected chi connectivity index (χ0v) is 5.14. The van der Waals surface area contributed by atoms with Crippen molar-refractivity contribution in [2.24, 2.45) is 0 Å². The number of carbonyl (C=O) groups is 1. The molecule has 4 heteroatoms. The number of hydrogen-bond donors (Lipinski definition) is 3. The smallest absolute Gasteiger partial charge is 0.186 e. The SMILES string of the molecule is O=C1C=CC(O)[C@@H](O)[C@@H]1O. The van der Waals surface area contributed by atoms with Gasteiger partial charge in [-0.05, 0) is 12.2 Å². The van der Waals surface area contributed by atoms with Gasteiger partial charge in [0.25, 0.3) is 0 Å². The van der Waals surface area contributed by atoms with Gasteiger partial charge in [0.15, 0.2) is 5.78 Å². The third-order valence-electron chi connectivity index (χ3n) is 1.42. The van der Waals surface area contributed by atoms with Gasteiger partial charge >= 0.3 is 0 Å². The molecule has 1 unspecified atom stereocenters. The second kappa shape index (κ2) is 2.49. The van der Waals surface area contributed by atoms with Crippen LogP contribution < -0.4 is 0 Å². The molecule has 0 saturated heterocycles. The lowest BCUT2D eigenvalue weighted by molar-refractivity contribution is -0.133. The molecule has 0 saturated carbocycles. The summed E-state index contributed by atoms with van der Waals surface area (Å²) in [7, 11) is 0. The van der Waals surface area contributed by atoms with Crippen LogP contribution in [-0.2, 0) is 4.79 Å². The number of carbonyl (C=O) groups excluding carboxylic acids is 1. The Hall–Kier alpha value is -0.710. The van der Waals surface area contributed by atoms with Gasteiger partial charge in [0.05, 0.1) is 0 Å². The van der Waals surface area contributed by atoms with E-state index >= 15 is 0 Å². The number of ketones is 1. The molecule has 1 rings (SSSR count). The molecule has 1 aliphatic rings. The quantitative estimate of drug-likeness (QED) is 0.375. The molecule has 0 aliphatic heterocycles. The number of hydrogen-bond acceptors (Lipinski definition) is 4. The normalized spacial score (nSPS) is 40.3. The summed E-state index contributed by atoms with van der Waals surface area (Å²) < 4.78 is 0. The summed E-state index contributed by atoms with van der Waals surface area (Å²) in [4.78, 5) is 10.5. The van der Waals surface area contributed by atoms with Crippen molar-refractivity contribution in [2.75, 3.05) is 0 Å². The predicted octanol–water partition coefficient (Wildman–Crippen LogP) is -1.79. The van der Waals surface area contributed by atoms with Crippen LogP contribution in [0.4, 0.5) is 0 Å². The van der Waals surface area contributed by atoms with E-state index < -0.39 is 24.1 Å². The van der Waals surface area contributed by atoms with E-state index in [4.69, 9.17) is 15.3 Å². The van der Waals surface area contributed by atoms with Gasteiger partial charge in [-0.1, -0.05) is 0 Å². The van der Waals surface area contributed by atoms with Crippen molar-refractivity contribution in [3.63, 3.8) is 0 Å². The first-order valence-electron chi connectivity index (χ1n) is 2.89. The van der Waals surface area contributed by atoms with Crippen LogP contribution in [0.25, 0.3) is 0 Å². The molecule has 0 amide bonds. The molecule has 3 atom stereocenters. The van der Waals surface area contributed by atoms with E-state index in [1.807, 2.05) is 0 Å². The van der Waals surface area contributed by atoms with Crippen LogP contribution in [0.3, 0.4) is 0 Å². The van der Waals surface area contributed by atoms with Crippen LogP contribution in [0.1, 0.15) is 0 Å². The molecule has 0 aromatic carbocycles. The van der Waals surface area contributed by atoms with Crippen LogP contribution in [0.15, 0.2) is 12.2 Å². The largest absolute Gasteiger partial charge is 0.387 e. The predicted molar refractivity (Wildman–Crippen MR) is 32.2 cm³/mol. The molecule has 0 aromatic heterocycles. The highest BCUT2D eigenvalue weighted by molar-refractivity contribution is 5.94. The first-order chi connectivity index (χ1) is 4.63. The van der Waals surface area contributed by atoms with Crippen LogP contribution in [0, 0.1) is 0 Å². The Kier molecular flexibility index (Phi) is 1.85. The summed E-state index contributed by atoms with van der Waals surface area (Å²) in [5, 5.41) is 26.5. The van der Waals surface area contributed by atoms with E-state index in [-0.39, 0.29) is 0 Å². The van der Waals surface area contributed by atoms with Crippen LogP contribution in [-0.4, -0.2) is 39.4 Å². The van der Waals surface area contributed by atoms with Crippen LogP contribution >= 0.6 is 0 Å². The molecule has 10 heavy (non-hydrogen) atoms. The van der Waals surface area contributed by atoms with Crippen molar-refractivity contribution in [2.45, 2.75) is 18.3 Å². The fourth-order valence-electron chi connectivity index (χ4n) is 0.761. The third-order valence-corrected chi connectivity index (χ3v) is 1.42. The Morgan fingerprint density at radius 3 is 2.40 bits per heavy atom. The van der Waals surface area contributed by atoms with Crippen molar-refractivity contribution >= 4 is 5.78 Å². The molecule has 0 heterocycles. The lowest BCUT2D eigenvalue weighted by atomic mass is 9.98. The van der Waals surface area contributed by atoms with Gasteiger partial charge in [-0.15, -0.1) is 0 Å². The van der Waals surface area contributed by atoms with Crippen LogP contribution in [0.5, 0.6) is 0 Å². The van der Waals surface area contributed by atoms with Gasteiger partial charge in [-0.25, -0.2) is 0 Å². The van der Waals surface area contributed by atoms with Gasteiger partial charge in [0.2, 0.25) is 0 Å². The Bertz CT molecular complexity index is 175. The molecule has 0 aromatic rings. The van der Waals surface area contributed by atoms with E-state index in [0.717, 1.165) is 12.2 Å². The standard InChI is InChI=1S/C6H8O4/c7-3-1-2-4(8)6(10)5(3)9/h1-3,5-7,9-10H/t3?,5-,6-/m1/s1. The minimum Gasteiger partial charge on any atom is -0.387 e. The van der Waals surface area contributed by atoms with Crippen molar-refractivity contribution in [3.05, 3.63) is 12.2 Å². The molecule has 56 valence electrons. The minimum absolute atomic E-state index is 0.571. The zero-order valence-electron chi connectivity index (χ0n) is 5.14. The monoisotopic (exact) mass is 144 g/mol. The maximum Gasteiger partial charge on any atom is 0.186 e. The number of aliphatic hydroxyl groups excluding tert-OH is 3. The van der Waals surface area contributed by atoms with Gasteiger partial charge < -0.3 is 15.3 Å². The van der Waals surface area contributed by atoms with E-state index in [1.54, 1.807) is 0 Å². The van der Waals surface area contributed by atoms with Crippen molar-refractivity contribution < 1.29 is 20.1 Å². The summed E-state index contributed by atoms with van der Waals surface area (Å²) in [6.45, 7) is 0. The lowest BCUT2D eigenvalue weighted by Crippen LogP contribution is -2.43. The van der Waals surface area contributed by atoms with E-state index in [2.05, 4.69) is 0 Å². The second-order valence-electron chi connectivity index (χ2n) is 2.19. The Morgan fingerprint density at radius 1 is 1.30 bits per heavy atom. The third kappa shape index (κ3) is 1.09. The Morgan fingerprint density at radius 2 is 1.90 bits per heavy atom. The molecular formula is C6H8O4. The van der Waals surface area contributed by atoms with Gasteiger partial charge in [-0.3, -0.25) is 4.79 Å². The topological polar surface area (TPSA) is 77.8 Å². The average molecular weight is 144 g/mol. The van der Waals surface area contributed by atoms with E-state index in [9.17, 15) is 4.79 Å². The second-order valence-corrected chi connectivity index (χ2v) is 2.19. The Balaban J connectivity index is 2.79. The number of aliphatic hydroxyl groups is 3. The van der Waals surface area contributed by atoms with E-state index in [1.165, 1.54) is 0 Å². The average Bonchev–Trinajstić information content (AvgIpc) is 1.93. The first kappa shape index (κ1) is 7.40. The summed E-state index contributed by atoms with van der Waals surface area (Å²) in [6, 6.07) is 0. The zero-order chi connectivity index (χ0) is 7.72. The number of rotatable bonds is 0. The molecule has 3 N–H and O–H groups in total. The highest BCUT2D eigenvalue weighted by Crippen LogP contribution is 2.08. The lowest BCUT2D eigenvalue weighted by Gasteiger charge is -2.21. The first-order valence-corrected chi connectivity index (χ1v) is 2.89. The fourth-order valence-corrected chi connectivity index (χ4v) is 0.761. The molecule has 0 radical (unpaired) electrons. The summed E-state index contributed by atoms with van der Waals surface area (Å²) in [5.74, 6) is -0.571. The van der Waals surface area contributed by atoms with Crippen LogP contribution in [0.2, 0.25) is 0 Å². The maximum atomic E-state index is 10.5. The van der Waals surface area contributed by atoms with Crippen molar-refractivity contribution in [1.29, 1.82) is 0 Å². The molecule has 1 aliphatic carbocycles. The van der Waals surface area contributed by atoms with Gasteiger partial charge in [-0.2, -0.15) is 0 Å². The highest BCUT2D eigenvalue weighted by atomic mass is 16.4. The highest BCUT2D eigenvalue weighted by Gasteiger charge is 2.30. The molecule has 0 spiro atoms. The summed E-state index contributed by atoms with van der Waals surface area (Å²) >= 11 is 0. The van der Waals surface area contributed by atoms with Gasteiger partial charge in [0, 0.05) is 0 Å². The summed E-state index contributed by atoms with van der Waals surface area (Å²) in [6.07, 6.45) is -1.77. The summed E-state index contributed by atoms with van der Waals surface area (Å²) in [5.41, 5.74) is 0. The molecular weight excluding hydrogens is 136 g/mol. The molecule has 0 bridgehead atoms. The maximum absolute atomic E-state index is 10.5. The fraction of sp³-hybridized carbons (Fsp3) is 0.500.